The lowest BCUT2D eigenvalue weighted by Crippen LogP contribution is -2.52. The SMILES string of the molecule is CN1C(=N)C=CC(=C2C=C(N3CCC3)NC(N3CCOCC3)=N2)C1C(F)(F)F. The van der Waals surface area contributed by atoms with Gasteiger partial charge in [0.05, 0.1) is 18.9 Å². The molecule has 1 unspecified atom stereocenters. The van der Waals surface area contributed by atoms with Crippen LogP contribution in [0.4, 0.5) is 13.2 Å². The molecule has 4 aliphatic heterocycles. The van der Waals surface area contributed by atoms with E-state index in [2.05, 4.69) is 15.2 Å². The number of hydrogen-bond acceptors (Lipinski definition) is 6. The second-order valence-corrected chi connectivity index (χ2v) is 7.14. The van der Waals surface area contributed by atoms with Gasteiger partial charge < -0.3 is 24.8 Å². The maximum absolute atomic E-state index is 13.8. The summed E-state index contributed by atoms with van der Waals surface area (Å²) in [6.07, 6.45) is 0.974. The Hall–Kier alpha value is -2.49. The molecule has 0 aromatic carbocycles. The molecule has 0 bridgehead atoms. The number of nitrogens with one attached hydrogen (secondary N) is 2. The Bertz CT molecular complexity index is 775. The number of morpholine rings is 1. The van der Waals surface area contributed by atoms with Crippen LogP contribution >= 0.6 is 0 Å². The van der Waals surface area contributed by atoms with Gasteiger partial charge in [-0.1, -0.05) is 6.08 Å². The van der Waals surface area contributed by atoms with Crippen molar-refractivity contribution >= 4 is 11.8 Å². The predicted molar refractivity (Wildman–Crippen MR) is 98.7 cm³/mol. The summed E-state index contributed by atoms with van der Waals surface area (Å²) < 4.78 is 46.9. The van der Waals surface area contributed by atoms with Crippen LogP contribution in [0.25, 0.3) is 0 Å². The van der Waals surface area contributed by atoms with Crippen molar-refractivity contribution in [1.29, 1.82) is 5.41 Å². The van der Waals surface area contributed by atoms with Crippen molar-refractivity contribution < 1.29 is 17.9 Å². The van der Waals surface area contributed by atoms with Crippen LogP contribution in [-0.2, 0) is 4.74 Å². The Morgan fingerprint density at radius 2 is 1.86 bits per heavy atom. The Labute approximate surface area is 161 Å². The van der Waals surface area contributed by atoms with Crippen LogP contribution in [0.2, 0.25) is 0 Å². The van der Waals surface area contributed by atoms with E-state index in [9.17, 15) is 13.2 Å². The molecule has 28 heavy (non-hydrogen) atoms. The first-order valence-electron chi connectivity index (χ1n) is 9.30. The normalized spacial score (nSPS) is 28.6. The largest absolute Gasteiger partial charge is 0.413 e. The number of rotatable bonds is 1. The molecule has 0 spiro atoms. The minimum absolute atomic E-state index is 0.0521. The number of aliphatic imine (C=N–C) groups is 1. The summed E-state index contributed by atoms with van der Waals surface area (Å²) in [7, 11) is 1.29. The van der Waals surface area contributed by atoms with Crippen LogP contribution in [0.5, 0.6) is 0 Å². The van der Waals surface area contributed by atoms with Gasteiger partial charge >= 0.3 is 6.18 Å². The Morgan fingerprint density at radius 1 is 1.14 bits per heavy atom. The standard InChI is InChI=1S/C18H23F3N6O/c1-25-14(22)4-3-12(16(25)18(19,20)21)13-11-15(26-5-2-6-26)24-17(23-13)27-7-9-28-10-8-27/h3-4,11,16,22H,2,5-10H2,1H3,(H,23,24). The molecule has 2 fully saturated rings. The molecule has 2 saturated heterocycles. The van der Waals surface area contributed by atoms with Gasteiger partial charge in [-0.05, 0) is 12.5 Å². The fourth-order valence-electron chi connectivity index (χ4n) is 3.60. The maximum atomic E-state index is 13.8. The molecule has 1 atom stereocenters. The first kappa shape index (κ1) is 18.9. The zero-order chi connectivity index (χ0) is 19.9. The van der Waals surface area contributed by atoms with Crippen LogP contribution in [0.1, 0.15) is 6.42 Å². The van der Waals surface area contributed by atoms with E-state index in [1.165, 1.54) is 19.2 Å². The lowest BCUT2D eigenvalue weighted by Gasteiger charge is -2.40. The molecular weight excluding hydrogens is 373 g/mol. The van der Waals surface area contributed by atoms with Gasteiger partial charge in [0.15, 0.2) is 6.04 Å². The number of allylic oxidation sites excluding steroid dienone is 1. The van der Waals surface area contributed by atoms with Gasteiger partial charge in [-0.25, -0.2) is 4.99 Å². The molecule has 0 radical (unpaired) electrons. The van der Waals surface area contributed by atoms with Crippen LogP contribution in [-0.4, -0.2) is 85.2 Å². The number of nitrogens with zero attached hydrogens (tertiary/aromatic N) is 4. The van der Waals surface area contributed by atoms with Crippen molar-refractivity contribution in [2.45, 2.75) is 18.6 Å². The Kier molecular flexibility index (Phi) is 4.82. The molecule has 0 aromatic heterocycles. The molecule has 4 aliphatic rings. The zero-order valence-corrected chi connectivity index (χ0v) is 15.6. The Morgan fingerprint density at radius 3 is 2.46 bits per heavy atom. The van der Waals surface area contributed by atoms with E-state index in [0.29, 0.717) is 32.3 Å². The van der Waals surface area contributed by atoms with E-state index in [0.717, 1.165) is 30.2 Å². The average molecular weight is 396 g/mol. The molecule has 4 heterocycles. The first-order chi connectivity index (χ1) is 13.3. The van der Waals surface area contributed by atoms with Gasteiger partial charge in [-0.2, -0.15) is 13.2 Å². The molecule has 7 nitrogen and oxygen atoms in total. The number of hydrogen-bond donors (Lipinski definition) is 2. The number of halogens is 3. The third-order valence-corrected chi connectivity index (χ3v) is 5.34. The van der Waals surface area contributed by atoms with Gasteiger partial charge in [-0.3, -0.25) is 5.41 Å². The number of alkyl halides is 3. The van der Waals surface area contributed by atoms with Crippen LogP contribution in [0, 0.1) is 5.41 Å². The number of ether oxygens (including phenoxy) is 1. The van der Waals surface area contributed by atoms with Crippen molar-refractivity contribution in [3.8, 4) is 0 Å². The van der Waals surface area contributed by atoms with E-state index in [-0.39, 0.29) is 17.1 Å². The number of guanidine groups is 1. The molecule has 0 aromatic rings. The van der Waals surface area contributed by atoms with Gasteiger partial charge in [-0.15, -0.1) is 0 Å². The monoisotopic (exact) mass is 396 g/mol. The quantitative estimate of drug-likeness (QED) is 0.703. The summed E-state index contributed by atoms with van der Waals surface area (Å²) in [6.45, 7) is 4.10. The van der Waals surface area contributed by atoms with E-state index in [1.54, 1.807) is 6.08 Å². The van der Waals surface area contributed by atoms with Crippen molar-refractivity contribution in [2.24, 2.45) is 4.99 Å². The summed E-state index contributed by atoms with van der Waals surface area (Å²) in [5, 5.41) is 11.1. The van der Waals surface area contributed by atoms with E-state index in [1.807, 2.05) is 4.90 Å². The highest BCUT2D eigenvalue weighted by atomic mass is 19.4. The molecule has 2 N–H and O–H groups in total. The van der Waals surface area contributed by atoms with E-state index in [4.69, 9.17) is 10.1 Å². The molecule has 0 amide bonds. The summed E-state index contributed by atoms with van der Waals surface area (Å²) in [5.41, 5.74) is 0.330. The number of amidine groups is 1. The third kappa shape index (κ3) is 3.48. The van der Waals surface area contributed by atoms with Crippen molar-refractivity contribution in [2.75, 3.05) is 46.4 Å². The van der Waals surface area contributed by atoms with Crippen molar-refractivity contribution in [1.82, 2.24) is 20.0 Å². The van der Waals surface area contributed by atoms with E-state index < -0.39 is 12.2 Å². The molecule has 10 heteroatoms. The van der Waals surface area contributed by atoms with Gasteiger partial charge in [0, 0.05) is 44.9 Å². The highest BCUT2D eigenvalue weighted by Gasteiger charge is 2.47. The summed E-state index contributed by atoms with van der Waals surface area (Å²) in [6, 6.07) is -1.90. The number of likely N-dealkylation sites (tertiary alicyclic amines) is 1. The van der Waals surface area contributed by atoms with Crippen molar-refractivity contribution in [3.05, 3.63) is 35.3 Å². The minimum Gasteiger partial charge on any atom is -0.378 e. The molecule has 0 saturated carbocycles. The van der Waals surface area contributed by atoms with Crippen LogP contribution in [0.15, 0.2) is 40.3 Å². The summed E-state index contributed by atoms with van der Waals surface area (Å²) >= 11 is 0. The van der Waals surface area contributed by atoms with Crippen LogP contribution in [0.3, 0.4) is 0 Å². The lowest BCUT2D eigenvalue weighted by molar-refractivity contribution is -0.160. The minimum atomic E-state index is -4.52. The predicted octanol–water partition coefficient (Wildman–Crippen LogP) is 1.49. The molecule has 4 rings (SSSR count). The summed E-state index contributed by atoms with van der Waals surface area (Å²) in [4.78, 5) is 9.58. The van der Waals surface area contributed by atoms with E-state index >= 15 is 0 Å². The van der Waals surface area contributed by atoms with Crippen molar-refractivity contribution in [3.63, 3.8) is 0 Å². The number of likely N-dealkylation sites (N-methyl/N-ethyl adjacent to an activating group) is 1. The molecular formula is C18H23F3N6O. The highest BCUT2D eigenvalue weighted by molar-refractivity contribution is 5.93. The topological polar surface area (TPSA) is 67.2 Å². The lowest BCUT2D eigenvalue weighted by atomic mass is 9.97. The Balaban J connectivity index is 1.79. The van der Waals surface area contributed by atoms with Crippen LogP contribution < -0.4 is 5.32 Å². The fraction of sp³-hybridized carbons (Fsp3) is 0.556. The fourth-order valence-corrected chi connectivity index (χ4v) is 3.60. The maximum Gasteiger partial charge on any atom is 0.413 e. The first-order valence-corrected chi connectivity index (χ1v) is 9.30. The second-order valence-electron chi connectivity index (χ2n) is 7.14. The van der Waals surface area contributed by atoms with Gasteiger partial charge in [0.2, 0.25) is 5.96 Å². The van der Waals surface area contributed by atoms with Gasteiger partial charge in [0.25, 0.3) is 0 Å². The highest BCUT2D eigenvalue weighted by Crippen LogP contribution is 2.35. The third-order valence-electron chi connectivity index (χ3n) is 5.34. The van der Waals surface area contributed by atoms with Gasteiger partial charge in [0.1, 0.15) is 11.7 Å². The molecule has 0 aliphatic carbocycles. The molecule has 152 valence electrons. The zero-order valence-electron chi connectivity index (χ0n) is 15.6. The smallest absolute Gasteiger partial charge is 0.378 e. The summed E-state index contributed by atoms with van der Waals surface area (Å²) in [5.74, 6) is 1.14. The second kappa shape index (κ2) is 7.16. The average Bonchev–Trinajstić information content (AvgIpc) is 2.62.